The SMILES string of the molecule is N#CC#Cc1cnc(Cl)c(F)c1. The highest BCUT2D eigenvalue weighted by atomic mass is 35.5. The zero-order valence-electron chi connectivity index (χ0n) is 5.81. The van der Waals surface area contributed by atoms with E-state index in [0.717, 1.165) is 6.07 Å². The van der Waals surface area contributed by atoms with E-state index in [2.05, 4.69) is 16.8 Å². The van der Waals surface area contributed by atoms with Gasteiger partial charge in [0.1, 0.15) is 0 Å². The first-order valence-corrected chi connectivity index (χ1v) is 3.33. The standard InChI is InChI=1S/C8H2ClFN2/c9-8-7(10)4-6(5-12-8)2-1-3-11/h4-5H. The molecule has 0 saturated heterocycles. The fourth-order valence-electron chi connectivity index (χ4n) is 0.590. The Balaban J connectivity index is 3.07. The van der Waals surface area contributed by atoms with Crippen LogP contribution in [0, 0.1) is 29.0 Å². The first kappa shape index (κ1) is 8.52. The van der Waals surface area contributed by atoms with E-state index in [0.29, 0.717) is 5.56 Å². The summed E-state index contributed by atoms with van der Waals surface area (Å²) >= 11 is 5.32. The van der Waals surface area contributed by atoms with Crippen LogP contribution < -0.4 is 0 Å². The van der Waals surface area contributed by atoms with E-state index in [1.54, 1.807) is 6.07 Å². The maximum atomic E-state index is 12.7. The number of pyridine rings is 1. The molecule has 1 rings (SSSR count). The Kier molecular flexibility index (Phi) is 2.63. The van der Waals surface area contributed by atoms with Crippen molar-refractivity contribution in [1.82, 2.24) is 4.98 Å². The lowest BCUT2D eigenvalue weighted by molar-refractivity contribution is 0.621. The van der Waals surface area contributed by atoms with Crippen LogP contribution in [-0.4, -0.2) is 4.98 Å². The van der Waals surface area contributed by atoms with Crippen molar-refractivity contribution in [3.05, 3.63) is 28.8 Å². The molecular weight excluding hydrogens is 179 g/mol. The molecule has 0 aliphatic rings. The predicted molar refractivity (Wildman–Crippen MR) is 41.7 cm³/mol. The molecule has 2 nitrogen and oxygen atoms in total. The lowest BCUT2D eigenvalue weighted by Gasteiger charge is -1.91. The van der Waals surface area contributed by atoms with Crippen molar-refractivity contribution < 1.29 is 4.39 Å². The third kappa shape index (κ3) is 1.95. The molecule has 0 N–H and O–H groups in total. The van der Waals surface area contributed by atoms with Gasteiger partial charge in [-0.2, -0.15) is 5.26 Å². The van der Waals surface area contributed by atoms with Crippen LogP contribution in [0.5, 0.6) is 0 Å². The Morgan fingerprint density at radius 3 is 2.92 bits per heavy atom. The molecular formula is C8H2ClFN2. The fourth-order valence-corrected chi connectivity index (χ4v) is 0.693. The molecule has 0 spiro atoms. The molecule has 0 bridgehead atoms. The number of nitriles is 1. The molecule has 1 heterocycles. The minimum Gasteiger partial charge on any atom is -0.240 e. The second-order valence-electron chi connectivity index (χ2n) is 1.86. The lowest BCUT2D eigenvalue weighted by atomic mass is 10.3. The second-order valence-corrected chi connectivity index (χ2v) is 2.22. The molecule has 0 atom stereocenters. The number of aromatic nitrogens is 1. The van der Waals surface area contributed by atoms with Crippen molar-refractivity contribution in [2.45, 2.75) is 0 Å². The van der Waals surface area contributed by atoms with Crippen molar-refractivity contribution in [3.63, 3.8) is 0 Å². The molecule has 12 heavy (non-hydrogen) atoms. The summed E-state index contributed by atoms with van der Waals surface area (Å²) in [5.74, 6) is 3.87. The van der Waals surface area contributed by atoms with Gasteiger partial charge in [-0.05, 0) is 12.0 Å². The highest BCUT2D eigenvalue weighted by Gasteiger charge is 1.99. The van der Waals surface area contributed by atoms with Crippen LogP contribution in [0.1, 0.15) is 5.56 Å². The van der Waals surface area contributed by atoms with E-state index in [4.69, 9.17) is 16.9 Å². The maximum absolute atomic E-state index is 12.7. The Labute approximate surface area is 73.6 Å². The summed E-state index contributed by atoms with van der Waals surface area (Å²) in [6.45, 7) is 0. The van der Waals surface area contributed by atoms with Crippen LogP contribution in [0.4, 0.5) is 4.39 Å². The van der Waals surface area contributed by atoms with Crippen LogP contribution in [0.25, 0.3) is 0 Å². The van der Waals surface area contributed by atoms with Crippen molar-refractivity contribution in [3.8, 4) is 17.9 Å². The van der Waals surface area contributed by atoms with Crippen molar-refractivity contribution in [2.75, 3.05) is 0 Å². The van der Waals surface area contributed by atoms with E-state index in [-0.39, 0.29) is 5.15 Å². The smallest absolute Gasteiger partial charge is 0.164 e. The normalized spacial score (nSPS) is 8.08. The number of hydrogen-bond acceptors (Lipinski definition) is 2. The van der Waals surface area contributed by atoms with Gasteiger partial charge in [-0.25, -0.2) is 9.37 Å². The number of nitrogens with zero attached hydrogens (tertiary/aromatic N) is 2. The second kappa shape index (κ2) is 3.71. The Morgan fingerprint density at radius 1 is 1.58 bits per heavy atom. The van der Waals surface area contributed by atoms with Gasteiger partial charge in [-0.1, -0.05) is 11.6 Å². The minimum absolute atomic E-state index is 0.197. The molecule has 0 aromatic carbocycles. The molecule has 0 amide bonds. The zero-order chi connectivity index (χ0) is 8.97. The first-order chi connectivity index (χ1) is 5.74. The lowest BCUT2D eigenvalue weighted by Crippen LogP contribution is -1.84. The summed E-state index contributed by atoms with van der Waals surface area (Å²) in [4.78, 5) is 3.51. The molecule has 58 valence electrons. The van der Waals surface area contributed by atoms with E-state index < -0.39 is 5.82 Å². The first-order valence-electron chi connectivity index (χ1n) is 2.95. The molecule has 1 aromatic heterocycles. The summed E-state index contributed by atoms with van der Waals surface area (Å²) in [7, 11) is 0. The predicted octanol–water partition coefficient (Wildman–Crippen LogP) is 1.75. The van der Waals surface area contributed by atoms with Crippen molar-refractivity contribution in [1.29, 1.82) is 5.26 Å². The quantitative estimate of drug-likeness (QED) is 0.451. The maximum Gasteiger partial charge on any atom is 0.164 e. The van der Waals surface area contributed by atoms with Gasteiger partial charge in [0.25, 0.3) is 0 Å². The molecule has 0 unspecified atom stereocenters. The van der Waals surface area contributed by atoms with Crippen molar-refractivity contribution in [2.24, 2.45) is 0 Å². The van der Waals surface area contributed by atoms with Gasteiger partial charge >= 0.3 is 0 Å². The van der Waals surface area contributed by atoms with Gasteiger partial charge in [-0.15, -0.1) is 0 Å². The van der Waals surface area contributed by atoms with E-state index in [1.807, 2.05) is 0 Å². The minimum atomic E-state index is -0.638. The van der Waals surface area contributed by atoms with Gasteiger partial charge < -0.3 is 0 Å². The fraction of sp³-hybridized carbons (Fsp3) is 0. The molecule has 1 aromatic rings. The molecule has 4 heteroatoms. The Hall–Kier alpha value is -1.58. The molecule has 0 fully saturated rings. The molecule has 0 radical (unpaired) electrons. The van der Waals surface area contributed by atoms with Crippen LogP contribution in [-0.2, 0) is 0 Å². The summed E-state index contributed by atoms with van der Waals surface area (Å²) in [5.41, 5.74) is 0.332. The topological polar surface area (TPSA) is 36.7 Å². The van der Waals surface area contributed by atoms with Crippen LogP contribution in [0.15, 0.2) is 12.3 Å². The van der Waals surface area contributed by atoms with E-state index in [9.17, 15) is 4.39 Å². The monoisotopic (exact) mass is 180 g/mol. The van der Waals surface area contributed by atoms with Gasteiger partial charge in [0.15, 0.2) is 17.0 Å². The van der Waals surface area contributed by atoms with Gasteiger partial charge in [0, 0.05) is 17.7 Å². The Bertz CT molecular complexity index is 398. The third-order valence-electron chi connectivity index (χ3n) is 1.06. The highest BCUT2D eigenvalue weighted by molar-refractivity contribution is 6.29. The average molecular weight is 181 g/mol. The van der Waals surface area contributed by atoms with Gasteiger partial charge in [-0.3, -0.25) is 0 Å². The Morgan fingerprint density at radius 2 is 2.33 bits per heavy atom. The zero-order valence-corrected chi connectivity index (χ0v) is 6.56. The average Bonchev–Trinajstić information content (AvgIpc) is 2.07. The molecule has 0 saturated carbocycles. The van der Waals surface area contributed by atoms with E-state index in [1.165, 1.54) is 6.20 Å². The van der Waals surface area contributed by atoms with Gasteiger partial charge in [0.2, 0.25) is 0 Å². The summed E-state index contributed by atoms with van der Waals surface area (Å²) in [6, 6.07) is 2.73. The number of rotatable bonds is 0. The van der Waals surface area contributed by atoms with Gasteiger partial charge in [0.05, 0.1) is 0 Å². The highest BCUT2D eigenvalue weighted by Crippen LogP contribution is 2.10. The van der Waals surface area contributed by atoms with Crippen LogP contribution in [0.3, 0.4) is 0 Å². The van der Waals surface area contributed by atoms with E-state index >= 15 is 0 Å². The number of halogens is 2. The van der Waals surface area contributed by atoms with Crippen LogP contribution in [0.2, 0.25) is 5.15 Å². The largest absolute Gasteiger partial charge is 0.240 e. The summed E-state index contributed by atoms with van der Waals surface area (Å²) < 4.78 is 12.7. The molecule has 0 aliphatic carbocycles. The molecule has 0 aliphatic heterocycles. The van der Waals surface area contributed by atoms with Crippen molar-refractivity contribution >= 4 is 11.6 Å². The third-order valence-corrected chi connectivity index (χ3v) is 1.34. The summed E-state index contributed by atoms with van der Waals surface area (Å²) in [6.07, 6.45) is 1.30. The summed E-state index contributed by atoms with van der Waals surface area (Å²) in [5, 5.41) is 7.89. The number of hydrogen-bond donors (Lipinski definition) is 0. The van der Waals surface area contributed by atoms with Crippen LogP contribution >= 0.6 is 11.6 Å².